The first-order valence-corrected chi connectivity index (χ1v) is 4.85. The van der Waals surface area contributed by atoms with Gasteiger partial charge in [0.05, 0.1) is 0 Å². The number of nitrogens with one attached hydrogen (secondary N) is 1. The molecular formula is C11H18N2. The second-order valence-corrected chi connectivity index (χ2v) is 3.14. The van der Waals surface area contributed by atoms with E-state index in [2.05, 4.69) is 36.5 Å². The first-order chi connectivity index (χ1) is 6.36. The van der Waals surface area contributed by atoms with E-state index >= 15 is 0 Å². The van der Waals surface area contributed by atoms with Gasteiger partial charge in [0.2, 0.25) is 0 Å². The summed E-state index contributed by atoms with van der Waals surface area (Å²) in [5, 5.41) is 3.29. The van der Waals surface area contributed by atoms with Crippen molar-refractivity contribution in [1.29, 1.82) is 0 Å². The largest absolute Gasteiger partial charge is 0.330 e. The molecule has 0 amide bonds. The Balaban J connectivity index is 2.48. The van der Waals surface area contributed by atoms with Crippen molar-refractivity contribution in [1.82, 2.24) is 5.32 Å². The molecule has 2 nitrogen and oxygen atoms in total. The zero-order chi connectivity index (χ0) is 9.52. The van der Waals surface area contributed by atoms with Crippen LogP contribution in [0.2, 0.25) is 0 Å². The van der Waals surface area contributed by atoms with E-state index in [0.29, 0.717) is 0 Å². The smallest absolute Gasteiger partial charge is 0.0205 e. The molecule has 0 aromatic heterocycles. The molecule has 1 rings (SSSR count). The lowest BCUT2D eigenvalue weighted by Gasteiger charge is -2.03. The predicted molar refractivity (Wildman–Crippen MR) is 56.6 cm³/mol. The Morgan fingerprint density at radius 2 is 1.77 bits per heavy atom. The molecule has 1 aromatic carbocycles. The molecule has 0 bridgehead atoms. The number of hydrogen-bond acceptors (Lipinski definition) is 2. The van der Waals surface area contributed by atoms with E-state index in [4.69, 9.17) is 5.73 Å². The van der Waals surface area contributed by atoms with Crippen molar-refractivity contribution in [2.24, 2.45) is 5.73 Å². The molecule has 0 unspecified atom stereocenters. The Morgan fingerprint density at radius 3 is 2.31 bits per heavy atom. The van der Waals surface area contributed by atoms with Crippen LogP contribution in [0.1, 0.15) is 18.1 Å². The summed E-state index contributed by atoms with van der Waals surface area (Å²) in [5.74, 6) is 0. The van der Waals surface area contributed by atoms with Crippen LogP contribution in [0, 0.1) is 0 Å². The van der Waals surface area contributed by atoms with Gasteiger partial charge in [-0.1, -0.05) is 31.2 Å². The van der Waals surface area contributed by atoms with Gasteiger partial charge >= 0.3 is 0 Å². The molecule has 0 saturated carbocycles. The third-order valence-electron chi connectivity index (χ3n) is 2.04. The van der Waals surface area contributed by atoms with E-state index < -0.39 is 0 Å². The number of hydrogen-bond donors (Lipinski definition) is 2. The first-order valence-electron chi connectivity index (χ1n) is 4.85. The minimum absolute atomic E-state index is 0.729. The van der Waals surface area contributed by atoms with Crippen molar-refractivity contribution >= 4 is 0 Å². The molecule has 0 aliphatic rings. The third-order valence-corrected chi connectivity index (χ3v) is 2.04. The lowest BCUT2D eigenvalue weighted by Crippen LogP contribution is -2.11. The molecule has 0 atom stereocenters. The van der Waals surface area contributed by atoms with Gasteiger partial charge in [-0.25, -0.2) is 0 Å². The van der Waals surface area contributed by atoms with Crippen molar-refractivity contribution in [3.63, 3.8) is 0 Å². The van der Waals surface area contributed by atoms with Crippen LogP contribution in [-0.2, 0) is 13.0 Å². The van der Waals surface area contributed by atoms with Crippen molar-refractivity contribution in [3.8, 4) is 0 Å². The molecule has 13 heavy (non-hydrogen) atoms. The summed E-state index contributed by atoms with van der Waals surface area (Å²) in [6, 6.07) is 8.63. The van der Waals surface area contributed by atoms with E-state index in [0.717, 1.165) is 26.1 Å². The molecule has 0 saturated heterocycles. The highest BCUT2D eigenvalue weighted by Gasteiger charge is 1.92. The van der Waals surface area contributed by atoms with E-state index in [1.807, 2.05) is 0 Å². The molecule has 2 heteroatoms. The maximum atomic E-state index is 5.47. The molecule has 0 aliphatic carbocycles. The Bertz CT molecular complexity index is 228. The van der Waals surface area contributed by atoms with Crippen LogP contribution in [0.3, 0.4) is 0 Å². The van der Waals surface area contributed by atoms with Crippen LogP contribution in [0.4, 0.5) is 0 Å². The molecule has 0 aliphatic heterocycles. The fourth-order valence-electron chi connectivity index (χ4n) is 1.26. The van der Waals surface area contributed by atoms with Crippen LogP contribution in [0.25, 0.3) is 0 Å². The molecular weight excluding hydrogens is 160 g/mol. The SMILES string of the molecule is CCNCc1ccc(CCN)cc1. The second kappa shape index (κ2) is 5.73. The van der Waals surface area contributed by atoms with Crippen LogP contribution >= 0.6 is 0 Å². The average Bonchev–Trinajstić information content (AvgIpc) is 2.17. The van der Waals surface area contributed by atoms with Gasteiger partial charge in [-0.15, -0.1) is 0 Å². The fraction of sp³-hybridized carbons (Fsp3) is 0.455. The number of rotatable bonds is 5. The van der Waals surface area contributed by atoms with Crippen LogP contribution in [0.15, 0.2) is 24.3 Å². The van der Waals surface area contributed by atoms with Gasteiger partial charge in [0.25, 0.3) is 0 Å². The summed E-state index contributed by atoms with van der Waals surface area (Å²) in [5.41, 5.74) is 8.12. The van der Waals surface area contributed by atoms with E-state index in [1.165, 1.54) is 11.1 Å². The summed E-state index contributed by atoms with van der Waals surface area (Å²) in [6.45, 7) is 4.82. The van der Waals surface area contributed by atoms with Gasteiger partial charge in [0, 0.05) is 6.54 Å². The second-order valence-electron chi connectivity index (χ2n) is 3.14. The minimum atomic E-state index is 0.729. The van der Waals surface area contributed by atoms with Gasteiger partial charge in [0.1, 0.15) is 0 Å². The Kier molecular flexibility index (Phi) is 4.50. The van der Waals surface area contributed by atoms with Crippen LogP contribution < -0.4 is 11.1 Å². The minimum Gasteiger partial charge on any atom is -0.330 e. The van der Waals surface area contributed by atoms with Crippen LogP contribution in [0.5, 0.6) is 0 Å². The quantitative estimate of drug-likeness (QED) is 0.713. The summed E-state index contributed by atoms with van der Waals surface area (Å²) >= 11 is 0. The highest BCUT2D eigenvalue weighted by atomic mass is 14.8. The molecule has 1 aromatic rings. The topological polar surface area (TPSA) is 38.0 Å². The number of benzene rings is 1. The Hall–Kier alpha value is -0.860. The van der Waals surface area contributed by atoms with Crippen molar-refractivity contribution in [3.05, 3.63) is 35.4 Å². The maximum absolute atomic E-state index is 5.47. The van der Waals surface area contributed by atoms with Gasteiger partial charge < -0.3 is 11.1 Å². The highest BCUT2D eigenvalue weighted by molar-refractivity contribution is 5.22. The lowest BCUT2D eigenvalue weighted by molar-refractivity contribution is 0.726. The fourth-order valence-corrected chi connectivity index (χ4v) is 1.26. The molecule has 0 heterocycles. The Morgan fingerprint density at radius 1 is 1.15 bits per heavy atom. The summed E-state index contributed by atoms with van der Waals surface area (Å²) in [4.78, 5) is 0. The summed E-state index contributed by atoms with van der Waals surface area (Å²) < 4.78 is 0. The monoisotopic (exact) mass is 178 g/mol. The lowest BCUT2D eigenvalue weighted by atomic mass is 10.1. The molecule has 3 N–H and O–H groups in total. The van der Waals surface area contributed by atoms with Gasteiger partial charge in [-0.2, -0.15) is 0 Å². The summed E-state index contributed by atoms with van der Waals surface area (Å²) in [7, 11) is 0. The van der Waals surface area contributed by atoms with Gasteiger partial charge in [-0.3, -0.25) is 0 Å². The molecule has 0 fully saturated rings. The van der Waals surface area contributed by atoms with Crippen molar-refractivity contribution in [2.45, 2.75) is 19.9 Å². The average molecular weight is 178 g/mol. The zero-order valence-electron chi connectivity index (χ0n) is 8.22. The normalized spacial score (nSPS) is 10.3. The molecule has 72 valence electrons. The van der Waals surface area contributed by atoms with Crippen LogP contribution in [-0.4, -0.2) is 13.1 Å². The first kappa shape index (κ1) is 10.2. The highest BCUT2D eigenvalue weighted by Crippen LogP contribution is 2.04. The third kappa shape index (κ3) is 3.57. The van der Waals surface area contributed by atoms with Gasteiger partial charge in [0.15, 0.2) is 0 Å². The summed E-state index contributed by atoms with van der Waals surface area (Å²) in [6.07, 6.45) is 0.974. The number of nitrogens with two attached hydrogens (primary N) is 1. The van der Waals surface area contributed by atoms with Crippen molar-refractivity contribution < 1.29 is 0 Å². The molecule has 0 radical (unpaired) electrons. The van der Waals surface area contributed by atoms with E-state index in [9.17, 15) is 0 Å². The predicted octanol–water partition coefficient (Wildman–Crippen LogP) is 1.30. The van der Waals surface area contributed by atoms with Crippen molar-refractivity contribution in [2.75, 3.05) is 13.1 Å². The van der Waals surface area contributed by atoms with Gasteiger partial charge in [-0.05, 0) is 30.6 Å². The zero-order valence-corrected chi connectivity index (χ0v) is 8.22. The van der Waals surface area contributed by atoms with E-state index in [-0.39, 0.29) is 0 Å². The molecule has 0 spiro atoms. The maximum Gasteiger partial charge on any atom is 0.0205 e. The Labute approximate surface area is 80.1 Å². The van der Waals surface area contributed by atoms with E-state index in [1.54, 1.807) is 0 Å². The standard InChI is InChI=1S/C11H18N2/c1-2-13-9-11-5-3-10(4-6-11)7-8-12/h3-6,13H,2,7-9,12H2,1H3.